The Bertz CT molecular complexity index is 592. The summed E-state index contributed by atoms with van der Waals surface area (Å²) in [7, 11) is 0. The molecule has 19 heavy (non-hydrogen) atoms. The number of aromatic nitrogens is 2. The van der Waals surface area contributed by atoms with Crippen LogP contribution in [0.25, 0.3) is 0 Å². The summed E-state index contributed by atoms with van der Waals surface area (Å²) in [6.07, 6.45) is 2.25. The molecule has 0 unspecified atom stereocenters. The Morgan fingerprint density at radius 3 is 2.79 bits per heavy atom. The average Bonchev–Trinajstić information content (AvgIpc) is 2.77. The number of hydrogen-bond donors (Lipinski definition) is 1. The summed E-state index contributed by atoms with van der Waals surface area (Å²) in [6.45, 7) is 4.41. The number of halogens is 1. The van der Waals surface area contributed by atoms with Gasteiger partial charge in [0.25, 0.3) is 0 Å². The third-order valence-corrected chi connectivity index (χ3v) is 3.20. The van der Waals surface area contributed by atoms with Gasteiger partial charge in [-0.1, -0.05) is 17.7 Å². The number of anilines is 1. The SMILES string of the molecule is Cc1ccn(CCC(=O)Nc2ccc(C)c(Cl)c2)n1. The van der Waals surface area contributed by atoms with Gasteiger partial charge >= 0.3 is 0 Å². The van der Waals surface area contributed by atoms with Crippen molar-refractivity contribution in [1.82, 2.24) is 9.78 Å². The fourth-order valence-electron chi connectivity index (χ4n) is 1.70. The maximum absolute atomic E-state index is 11.8. The number of hydrogen-bond acceptors (Lipinski definition) is 2. The van der Waals surface area contributed by atoms with Gasteiger partial charge in [0.1, 0.15) is 0 Å². The van der Waals surface area contributed by atoms with Crippen LogP contribution in [0.1, 0.15) is 17.7 Å². The van der Waals surface area contributed by atoms with Gasteiger partial charge in [0.2, 0.25) is 5.91 Å². The zero-order valence-corrected chi connectivity index (χ0v) is 11.7. The first kappa shape index (κ1) is 13.6. The maximum atomic E-state index is 11.8. The van der Waals surface area contributed by atoms with Crippen LogP contribution in [0.4, 0.5) is 5.69 Å². The number of nitrogens with one attached hydrogen (secondary N) is 1. The molecule has 1 amide bonds. The molecule has 1 N–H and O–H groups in total. The molecule has 0 aliphatic rings. The summed E-state index contributed by atoms with van der Waals surface area (Å²) in [5.74, 6) is -0.0481. The molecule has 0 atom stereocenters. The lowest BCUT2D eigenvalue weighted by Crippen LogP contribution is -2.14. The van der Waals surface area contributed by atoms with Gasteiger partial charge in [0.15, 0.2) is 0 Å². The van der Waals surface area contributed by atoms with E-state index in [9.17, 15) is 4.79 Å². The highest BCUT2D eigenvalue weighted by Crippen LogP contribution is 2.20. The van der Waals surface area contributed by atoms with Gasteiger partial charge in [-0.2, -0.15) is 5.10 Å². The predicted octanol–water partition coefficient (Wildman–Crippen LogP) is 3.18. The summed E-state index contributed by atoms with van der Waals surface area (Å²) < 4.78 is 1.76. The molecule has 1 aromatic carbocycles. The molecule has 5 heteroatoms. The summed E-state index contributed by atoms with van der Waals surface area (Å²) in [5, 5.41) is 7.71. The Hall–Kier alpha value is -1.81. The highest BCUT2D eigenvalue weighted by atomic mass is 35.5. The summed E-state index contributed by atoms with van der Waals surface area (Å²) >= 11 is 6.01. The van der Waals surface area contributed by atoms with Gasteiger partial charge in [0.05, 0.1) is 5.69 Å². The van der Waals surface area contributed by atoms with Gasteiger partial charge in [-0.25, -0.2) is 0 Å². The number of carbonyl (C=O) groups is 1. The molecule has 0 fully saturated rings. The normalized spacial score (nSPS) is 10.5. The Labute approximate surface area is 117 Å². The Balaban J connectivity index is 1.88. The first-order valence-corrected chi connectivity index (χ1v) is 6.48. The van der Waals surface area contributed by atoms with Crippen molar-refractivity contribution in [3.63, 3.8) is 0 Å². The van der Waals surface area contributed by atoms with Crippen molar-refractivity contribution < 1.29 is 4.79 Å². The van der Waals surface area contributed by atoms with Crippen molar-refractivity contribution in [2.24, 2.45) is 0 Å². The number of carbonyl (C=O) groups excluding carboxylic acids is 1. The largest absolute Gasteiger partial charge is 0.326 e. The van der Waals surface area contributed by atoms with Crippen LogP contribution < -0.4 is 5.32 Å². The Morgan fingerprint density at radius 1 is 1.37 bits per heavy atom. The van der Waals surface area contributed by atoms with Crippen LogP contribution in [-0.2, 0) is 11.3 Å². The Kier molecular flexibility index (Phi) is 4.22. The monoisotopic (exact) mass is 277 g/mol. The predicted molar refractivity (Wildman–Crippen MR) is 76.4 cm³/mol. The topological polar surface area (TPSA) is 46.9 Å². The highest BCUT2D eigenvalue weighted by molar-refractivity contribution is 6.31. The molecule has 0 aliphatic heterocycles. The fourth-order valence-corrected chi connectivity index (χ4v) is 1.88. The van der Waals surface area contributed by atoms with Crippen LogP contribution >= 0.6 is 11.6 Å². The van der Waals surface area contributed by atoms with Crippen LogP contribution in [0.2, 0.25) is 5.02 Å². The summed E-state index contributed by atoms with van der Waals surface area (Å²) in [4.78, 5) is 11.8. The number of amides is 1. The molecular formula is C14H16ClN3O. The molecule has 1 aromatic heterocycles. The zero-order valence-electron chi connectivity index (χ0n) is 11.0. The van der Waals surface area contributed by atoms with Crippen molar-refractivity contribution >= 4 is 23.2 Å². The van der Waals surface area contributed by atoms with Crippen molar-refractivity contribution in [1.29, 1.82) is 0 Å². The van der Waals surface area contributed by atoms with Crippen LogP contribution in [0.5, 0.6) is 0 Å². The van der Waals surface area contributed by atoms with E-state index in [4.69, 9.17) is 11.6 Å². The van der Waals surface area contributed by atoms with Gasteiger partial charge < -0.3 is 5.32 Å². The molecule has 1 heterocycles. The van der Waals surface area contributed by atoms with Crippen molar-refractivity contribution in [2.75, 3.05) is 5.32 Å². The number of rotatable bonds is 4. The molecule has 0 saturated heterocycles. The smallest absolute Gasteiger partial charge is 0.226 e. The van der Waals surface area contributed by atoms with E-state index in [-0.39, 0.29) is 5.91 Å². The minimum absolute atomic E-state index is 0.0481. The molecule has 0 radical (unpaired) electrons. The quantitative estimate of drug-likeness (QED) is 0.933. The van der Waals surface area contributed by atoms with Crippen molar-refractivity contribution in [3.05, 3.63) is 46.7 Å². The van der Waals surface area contributed by atoms with E-state index in [1.54, 1.807) is 10.7 Å². The highest BCUT2D eigenvalue weighted by Gasteiger charge is 2.05. The average molecular weight is 278 g/mol. The lowest BCUT2D eigenvalue weighted by Gasteiger charge is -2.07. The van der Waals surface area contributed by atoms with Crippen LogP contribution in [0, 0.1) is 13.8 Å². The second-order valence-electron chi connectivity index (χ2n) is 4.48. The van der Waals surface area contributed by atoms with E-state index in [0.717, 1.165) is 16.9 Å². The van der Waals surface area contributed by atoms with E-state index in [1.807, 2.05) is 38.2 Å². The van der Waals surface area contributed by atoms with E-state index in [0.29, 0.717) is 18.0 Å². The molecule has 2 aromatic rings. The zero-order chi connectivity index (χ0) is 13.8. The molecule has 0 bridgehead atoms. The van der Waals surface area contributed by atoms with Gasteiger partial charge in [0, 0.05) is 29.9 Å². The van der Waals surface area contributed by atoms with Gasteiger partial charge in [-0.15, -0.1) is 0 Å². The lowest BCUT2D eigenvalue weighted by molar-refractivity contribution is -0.116. The molecule has 0 aliphatic carbocycles. The number of benzene rings is 1. The number of aryl methyl sites for hydroxylation is 3. The van der Waals surface area contributed by atoms with Gasteiger partial charge in [-0.3, -0.25) is 9.48 Å². The molecule has 0 saturated carbocycles. The van der Waals surface area contributed by atoms with Crippen LogP contribution in [-0.4, -0.2) is 15.7 Å². The Morgan fingerprint density at radius 2 is 2.16 bits per heavy atom. The first-order chi connectivity index (χ1) is 9.04. The second-order valence-corrected chi connectivity index (χ2v) is 4.89. The lowest BCUT2D eigenvalue weighted by atomic mass is 10.2. The van der Waals surface area contributed by atoms with E-state index < -0.39 is 0 Å². The molecule has 2 rings (SSSR count). The minimum atomic E-state index is -0.0481. The minimum Gasteiger partial charge on any atom is -0.326 e. The molecular weight excluding hydrogens is 262 g/mol. The second kappa shape index (κ2) is 5.89. The van der Waals surface area contributed by atoms with Crippen LogP contribution in [0.3, 0.4) is 0 Å². The van der Waals surface area contributed by atoms with E-state index in [2.05, 4.69) is 10.4 Å². The van der Waals surface area contributed by atoms with Gasteiger partial charge in [-0.05, 0) is 37.6 Å². The third kappa shape index (κ3) is 3.83. The van der Waals surface area contributed by atoms with E-state index >= 15 is 0 Å². The van der Waals surface area contributed by atoms with Crippen LogP contribution in [0.15, 0.2) is 30.5 Å². The van der Waals surface area contributed by atoms with E-state index in [1.165, 1.54) is 0 Å². The molecule has 4 nitrogen and oxygen atoms in total. The standard InChI is InChI=1S/C14H16ClN3O/c1-10-3-4-12(9-13(10)15)16-14(19)6-8-18-7-5-11(2)17-18/h3-5,7,9H,6,8H2,1-2H3,(H,16,19). The van der Waals surface area contributed by atoms with Crippen molar-refractivity contribution in [3.8, 4) is 0 Å². The molecule has 100 valence electrons. The molecule has 0 spiro atoms. The first-order valence-electron chi connectivity index (χ1n) is 6.10. The third-order valence-electron chi connectivity index (χ3n) is 2.80. The number of nitrogens with zero attached hydrogens (tertiary/aromatic N) is 2. The summed E-state index contributed by atoms with van der Waals surface area (Å²) in [6, 6.07) is 7.40. The maximum Gasteiger partial charge on any atom is 0.226 e. The fraction of sp³-hybridized carbons (Fsp3) is 0.286. The van der Waals surface area contributed by atoms with Crippen molar-refractivity contribution in [2.45, 2.75) is 26.8 Å². The summed E-state index contributed by atoms with van der Waals surface area (Å²) in [5.41, 5.74) is 2.66.